The first-order valence-corrected chi connectivity index (χ1v) is 3.62. The molecule has 0 aliphatic rings. The molecule has 8 heteroatoms. The van der Waals surface area contributed by atoms with Crippen LogP contribution in [0.1, 0.15) is 0 Å². The average Bonchev–Trinajstić information content (AvgIpc) is 2.75. The van der Waals surface area contributed by atoms with Gasteiger partial charge >= 0.3 is 0 Å². The summed E-state index contributed by atoms with van der Waals surface area (Å²) in [4.78, 5) is 10.5. The van der Waals surface area contributed by atoms with Crippen molar-refractivity contribution in [2.24, 2.45) is 0 Å². The second kappa shape index (κ2) is 3.52. The Labute approximate surface area is 73.5 Å². The standard InChI is InChI=1S/C5H8N8/c1-6-4-12(8-1)10-3-11-13-5-7-2-9-13/h1-2,4-5,10-11H,3H2. The van der Waals surface area contributed by atoms with Gasteiger partial charge < -0.3 is 0 Å². The fraction of sp³-hybridized carbons (Fsp3) is 0.200. The molecular weight excluding hydrogens is 172 g/mol. The van der Waals surface area contributed by atoms with E-state index in [-0.39, 0.29) is 0 Å². The number of hydrogen-bond donors (Lipinski definition) is 2. The molecular formula is C5H8N8. The van der Waals surface area contributed by atoms with Crippen molar-refractivity contribution >= 4 is 0 Å². The molecule has 2 N–H and O–H groups in total. The van der Waals surface area contributed by atoms with Gasteiger partial charge in [-0.3, -0.25) is 10.9 Å². The van der Waals surface area contributed by atoms with Crippen LogP contribution in [0.3, 0.4) is 0 Å². The smallest absolute Gasteiger partial charge is 0.139 e. The summed E-state index contributed by atoms with van der Waals surface area (Å²) in [5, 5.41) is 7.69. The van der Waals surface area contributed by atoms with Gasteiger partial charge in [0, 0.05) is 0 Å². The lowest BCUT2D eigenvalue weighted by Crippen LogP contribution is -2.27. The van der Waals surface area contributed by atoms with E-state index >= 15 is 0 Å². The average molecular weight is 180 g/mol. The molecule has 0 spiro atoms. The summed E-state index contributed by atoms with van der Waals surface area (Å²) in [5.74, 6) is 0. The molecule has 2 rings (SSSR count). The van der Waals surface area contributed by atoms with Crippen LogP contribution in [0, 0.1) is 0 Å². The quantitative estimate of drug-likeness (QED) is 0.564. The highest BCUT2D eigenvalue weighted by molar-refractivity contribution is 4.74. The van der Waals surface area contributed by atoms with Gasteiger partial charge in [0.2, 0.25) is 0 Å². The van der Waals surface area contributed by atoms with Crippen LogP contribution in [-0.4, -0.2) is 36.4 Å². The fourth-order valence-corrected chi connectivity index (χ4v) is 0.777. The summed E-state index contributed by atoms with van der Waals surface area (Å²) in [6.07, 6.45) is 6.01. The molecule has 2 aromatic heterocycles. The number of nitrogens with zero attached hydrogens (tertiary/aromatic N) is 6. The molecule has 0 saturated heterocycles. The van der Waals surface area contributed by atoms with Gasteiger partial charge in [-0.25, -0.2) is 9.97 Å². The van der Waals surface area contributed by atoms with Crippen LogP contribution in [-0.2, 0) is 0 Å². The molecule has 0 unspecified atom stereocenters. The summed E-state index contributed by atoms with van der Waals surface area (Å²) in [6.45, 7) is 0.479. The summed E-state index contributed by atoms with van der Waals surface area (Å²) in [6, 6.07) is 0. The van der Waals surface area contributed by atoms with Gasteiger partial charge in [0.1, 0.15) is 32.0 Å². The maximum absolute atomic E-state index is 3.84. The van der Waals surface area contributed by atoms with E-state index < -0.39 is 0 Å². The van der Waals surface area contributed by atoms with E-state index in [4.69, 9.17) is 0 Å². The van der Waals surface area contributed by atoms with Crippen molar-refractivity contribution in [1.82, 2.24) is 29.7 Å². The van der Waals surface area contributed by atoms with Gasteiger partial charge in [-0.1, -0.05) is 0 Å². The van der Waals surface area contributed by atoms with E-state index in [1.54, 1.807) is 12.7 Å². The van der Waals surface area contributed by atoms with Crippen LogP contribution in [0.15, 0.2) is 25.3 Å². The van der Waals surface area contributed by atoms with Crippen molar-refractivity contribution in [2.45, 2.75) is 0 Å². The first-order valence-electron chi connectivity index (χ1n) is 3.62. The third-order valence-electron chi connectivity index (χ3n) is 1.32. The number of rotatable bonds is 4. The van der Waals surface area contributed by atoms with Crippen LogP contribution in [0.4, 0.5) is 0 Å². The second-order valence-electron chi connectivity index (χ2n) is 2.17. The highest BCUT2D eigenvalue weighted by Crippen LogP contribution is 1.73. The predicted octanol–water partition coefficient (Wildman–Crippen LogP) is -1.39. The molecule has 0 aliphatic heterocycles. The summed E-state index contributed by atoms with van der Waals surface area (Å²) in [5.41, 5.74) is 5.81. The van der Waals surface area contributed by atoms with E-state index in [0.29, 0.717) is 6.67 Å². The SMILES string of the molecule is c1ncn(NCNn2cncn2)n1. The normalized spacial score (nSPS) is 9.85. The van der Waals surface area contributed by atoms with Gasteiger partial charge in [-0.2, -0.15) is 9.58 Å². The van der Waals surface area contributed by atoms with Crippen molar-refractivity contribution in [2.75, 3.05) is 17.5 Å². The van der Waals surface area contributed by atoms with Crippen LogP contribution in [0.2, 0.25) is 0 Å². The van der Waals surface area contributed by atoms with E-state index in [1.165, 1.54) is 22.2 Å². The third kappa shape index (κ3) is 1.92. The van der Waals surface area contributed by atoms with Gasteiger partial charge in [0.15, 0.2) is 0 Å². The topological polar surface area (TPSA) is 85.5 Å². The van der Waals surface area contributed by atoms with Crippen LogP contribution in [0.25, 0.3) is 0 Å². The Bertz CT molecular complexity index is 289. The second-order valence-corrected chi connectivity index (χ2v) is 2.17. The Hall–Kier alpha value is -2.12. The Morgan fingerprint density at radius 2 is 1.46 bits per heavy atom. The summed E-state index contributed by atoms with van der Waals surface area (Å²) in [7, 11) is 0. The van der Waals surface area contributed by atoms with Crippen molar-refractivity contribution in [3.8, 4) is 0 Å². The highest BCUT2D eigenvalue weighted by atomic mass is 15.6. The molecule has 0 radical (unpaired) electrons. The zero-order valence-electron chi connectivity index (χ0n) is 6.70. The van der Waals surface area contributed by atoms with Crippen molar-refractivity contribution in [1.29, 1.82) is 0 Å². The predicted molar refractivity (Wildman–Crippen MR) is 43.6 cm³/mol. The first kappa shape index (κ1) is 7.53. The minimum atomic E-state index is 0.479. The van der Waals surface area contributed by atoms with E-state index in [9.17, 15) is 0 Å². The third-order valence-corrected chi connectivity index (χ3v) is 1.32. The number of aromatic nitrogens is 6. The summed E-state index contributed by atoms with van der Waals surface area (Å²) < 4.78 is 0. The minimum absolute atomic E-state index is 0.479. The highest BCUT2D eigenvalue weighted by Gasteiger charge is 1.88. The molecule has 0 saturated carbocycles. The minimum Gasteiger partial charge on any atom is -0.288 e. The van der Waals surface area contributed by atoms with Gasteiger partial charge in [-0.15, -0.1) is 10.2 Å². The molecule has 0 amide bonds. The molecule has 0 aromatic carbocycles. The van der Waals surface area contributed by atoms with E-state index in [1.807, 2.05) is 0 Å². The number of nitrogens with one attached hydrogen (secondary N) is 2. The lowest BCUT2D eigenvalue weighted by Gasteiger charge is -2.06. The lowest BCUT2D eigenvalue weighted by atomic mass is 11.1. The monoisotopic (exact) mass is 180 g/mol. The number of hydrogen-bond acceptors (Lipinski definition) is 6. The first-order chi connectivity index (χ1) is 6.45. The van der Waals surface area contributed by atoms with Crippen LogP contribution in [0.5, 0.6) is 0 Å². The maximum Gasteiger partial charge on any atom is 0.139 e. The molecule has 2 aromatic rings. The van der Waals surface area contributed by atoms with Gasteiger partial charge in [0.25, 0.3) is 0 Å². The van der Waals surface area contributed by atoms with Crippen LogP contribution >= 0.6 is 0 Å². The van der Waals surface area contributed by atoms with Crippen molar-refractivity contribution in [3.63, 3.8) is 0 Å². The zero-order valence-corrected chi connectivity index (χ0v) is 6.70. The Morgan fingerprint density at radius 1 is 0.923 bits per heavy atom. The van der Waals surface area contributed by atoms with E-state index in [2.05, 4.69) is 31.0 Å². The molecule has 8 nitrogen and oxygen atoms in total. The molecule has 0 aliphatic carbocycles. The lowest BCUT2D eigenvalue weighted by molar-refractivity contribution is 0.682. The van der Waals surface area contributed by atoms with Gasteiger partial charge in [0.05, 0.1) is 0 Å². The molecule has 0 bridgehead atoms. The Kier molecular flexibility index (Phi) is 2.04. The Balaban J connectivity index is 1.76. The van der Waals surface area contributed by atoms with E-state index in [0.717, 1.165) is 0 Å². The zero-order chi connectivity index (χ0) is 8.93. The molecule has 68 valence electrons. The maximum atomic E-state index is 3.84. The molecule has 0 atom stereocenters. The van der Waals surface area contributed by atoms with Crippen molar-refractivity contribution < 1.29 is 0 Å². The molecule has 13 heavy (non-hydrogen) atoms. The van der Waals surface area contributed by atoms with Crippen LogP contribution < -0.4 is 10.9 Å². The molecule has 0 fully saturated rings. The van der Waals surface area contributed by atoms with Crippen molar-refractivity contribution in [3.05, 3.63) is 25.3 Å². The Morgan fingerprint density at radius 3 is 1.85 bits per heavy atom. The molecule has 2 heterocycles. The summed E-state index contributed by atoms with van der Waals surface area (Å²) >= 11 is 0. The van der Waals surface area contributed by atoms with Gasteiger partial charge in [-0.05, 0) is 0 Å². The fourth-order valence-electron chi connectivity index (χ4n) is 0.777. The largest absolute Gasteiger partial charge is 0.288 e.